The molecule has 1 aromatic rings. The Morgan fingerprint density at radius 1 is 1.35 bits per heavy atom. The fourth-order valence-electron chi connectivity index (χ4n) is 3.13. The van der Waals surface area contributed by atoms with E-state index in [0.717, 1.165) is 31.4 Å². The van der Waals surface area contributed by atoms with Crippen molar-refractivity contribution in [2.45, 2.75) is 62.7 Å². The van der Waals surface area contributed by atoms with E-state index in [2.05, 4.69) is 5.10 Å². The summed E-state index contributed by atoms with van der Waals surface area (Å²) >= 11 is 0. The molecule has 1 aromatic heterocycles. The van der Waals surface area contributed by atoms with Crippen molar-refractivity contribution in [2.75, 3.05) is 6.61 Å². The number of hydrogen-bond donors (Lipinski definition) is 1. The Hall–Kier alpha value is -1.01. The molecular weight excluding hydrogens is 266 g/mol. The van der Waals surface area contributed by atoms with Crippen LogP contribution >= 0.6 is 0 Å². The highest BCUT2D eigenvalue weighted by Crippen LogP contribution is 2.41. The van der Waals surface area contributed by atoms with Crippen LogP contribution in [0.1, 0.15) is 56.2 Å². The highest BCUT2D eigenvalue weighted by Gasteiger charge is 2.41. The monoisotopic (exact) mass is 286 g/mol. The van der Waals surface area contributed by atoms with Crippen molar-refractivity contribution in [1.29, 1.82) is 0 Å². The zero-order valence-electron chi connectivity index (χ0n) is 11.3. The van der Waals surface area contributed by atoms with Crippen LogP contribution in [0.15, 0.2) is 12.4 Å². The maximum absolute atomic E-state index is 13.2. The number of alkyl halides is 2. The Morgan fingerprint density at radius 3 is 2.90 bits per heavy atom. The summed E-state index contributed by atoms with van der Waals surface area (Å²) in [6.45, 7) is 0.734. The third kappa shape index (κ3) is 2.86. The van der Waals surface area contributed by atoms with Crippen molar-refractivity contribution in [3.05, 3.63) is 18.0 Å². The number of rotatable bonds is 2. The van der Waals surface area contributed by atoms with Crippen LogP contribution in [0.4, 0.5) is 8.78 Å². The number of hydrogen-bond acceptors (Lipinski definition) is 3. The van der Waals surface area contributed by atoms with Crippen molar-refractivity contribution in [3.8, 4) is 0 Å². The van der Waals surface area contributed by atoms with E-state index in [4.69, 9.17) is 4.74 Å². The molecule has 4 nitrogen and oxygen atoms in total. The molecule has 20 heavy (non-hydrogen) atoms. The molecule has 1 saturated carbocycles. The molecule has 112 valence electrons. The maximum atomic E-state index is 13.2. The molecule has 1 saturated heterocycles. The van der Waals surface area contributed by atoms with Crippen LogP contribution in [-0.4, -0.2) is 33.5 Å². The third-order valence-corrected chi connectivity index (χ3v) is 4.29. The van der Waals surface area contributed by atoms with Gasteiger partial charge in [-0.05, 0) is 31.2 Å². The summed E-state index contributed by atoms with van der Waals surface area (Å²) in [6, 6.07) is 0. The first-order chi connectivity index (χ1) is 9.55. The Labute approximate surface area is 116 Å². The van der Waals surface area contributed by atoms with Gasteiger partial charge in [0.25, 0.3) is 5.92 Å². The van der Waals surface area contributed by atoms with Gasteiger partial charge in [-0.3, -0.25) is 0 Å². The average Bonchev–Trinajstić information content (AvgIpc) is 2.88. The predicted octanol–water partition coefficient (Wildman–Crippen LogP) is 2.85. The lowest BCUT2D eigenvalue weighted by molar-refractivity contribution is -0.0840. The van der Waals surface area contributed by atoms with Crippen LogP contribution in [-0.2, 0) is 4.74 Å². The largest absolute Gasteiger partial charge is 0.392 e. The zero-order valence-corrected chi connectivity index (χ0v) is 11.3. The molecule has 2 heterocycles. The number of aliphatic hydroxyl groups excluding tert-OH is 1. The Morgan fingerprint density at radius 2 is 2.20 bits per heavy atom. The standard InChI is InChI=1S/C14H20F2N2O2/c15-14(16)5-4-11(12(19)7-14)10-8-17-18(9-10)13-3-1-2-6-20-13/h8-9,11-13,19H,1-7H2. The van der Waals surface area contributed by atoms with Gasteiger partial charge in [-0.15, -0.1) is 0 Å². The summed E-state index contributed by atoms with van der Waals surface area (Å²) < 4.78 is 33.9. The smallest absolute Gasteiger partial charge is 0.250 e. The van der Waals surface area contributed by atoms with Gasteiger partial charge in [0.1, 0.15) is 6.23 Å². The SMILES string of the molecule is OC1CC(F)(F)CCC1c1cnn(C2CCCCO2)c1. The summed E-state index contributed by atoms with van der Waals surface area (Å²) in [7, 11) is 0. The normalized spacial score (nSPS) is 34.0. The lowest BCUT2D eigenvalue weighted by Gasteiger charge is -2.32. The Balaban J connectivity index is 1.70. The van der Waals surface area contributed by atoms with Crippen LogP contribution in [0, 0.1) is 0 Å². The van der Waals surface area contributed by atoms with Gasteiger partial charge in [0.2, 0.25) is 0 Å². The quantitative estimate of drug-likeness (QED) is 0.909. The first-order valence-corrected chi connectivity index (χ1v) is 7.27. The molecule has 2 fully saturated rings. The fraction of sp³-hybridized carbons (Fsp3) is 0.786. The van der Waals surface area contributed by atoms with Crippen LogP contribution in [0.5, 0.6) is 0 Å². The van der Waals surface area contributed by atoms with E-state index in [1.165, 1.54) is 0 Å². The van der Waals surface area contributed by atoms with E-state index in [0.29, 0.717) is 6.42 Å². The van der Waals surface area contributed by atoms with Crippen molar-refractivity contribution < 1.29 is 18.6 Å². The number of halogens is 2. The first-order valence-electron chi connectivity index (χ1n) is 7.27. The number of nitrogens with zero attached hydrogens (tertiary/aromatic N) is 2. The van der Waals surface area contributed by atoms with Crippen molar-refractivity contribution >= 4 is 0 Å². The van der Waals surface area contributed by atoms with Gasteiger partial charge in [-0.2, -0.15) is 5.10 Å². The molecule has 1 aliphatic carbocycles. The van der Waals surface area contributed by atoms with Crippen LogP contribution in [0.3, 0.4) is 0 Å². The van der Waals surface area contributed by atoms with Gasteiger partial charge in [-0.1, -0.05) is 0 Å². The zero-order chi connectivity index (χ0) is 14.2. The highest BCUT2D eigenvalue weighted by molar-refractivity contribution is 5.15. The molecule has 3 atom stereocenters. The van der Waals surface area contributed by atoms with Crippen molar-refractivity contribution in [2.24, 2.45) is 0 Å². The molecule has 0 spiro atoms. The molecular formula is C14H20F2N2O2. The van der Waals surface area contributed by atoms with Gasteiger partial charge in [0.15, 0.2) is 0 Å². The summed E-state index contributed by atoms with van der Waals surface area (Å²) in [4.78, 5) is 0. The second kappa shape index (κ2) is 5.41. The summed E-state index contributed by atoms with van der Waals surface area (Å²) in [5.41, 5.74) is 0.835. The molecule has 0 amide bonds. The molecule has 1 aliphatic heterocycles. The third-order valence-electron chi connectivity index (χ3n) is 4.29. The molecule has 0 aromatic carbocycles. The molecule has 0 bridgehead atoms. The molecule has 2 aliphatic rings. The van der Waals surface area contributed by atoms with Crippen LogP contribution < -0.4 is 0 Å². The lowest BCUT2D eigenvalue weighted by atomic mass is 9.81. The van der Waals surface area contributed by atoms with E-state index in [9.17, 15) is 13.9 Å². The summed E-state index contributed by atoms with van der Waals surface area (Å²) in [6.07, 6.45) is 5.24. The summed E-state index contributed by atoms with van der Waals surface area (Å²) in [5.74, 6) is -2.98. The van der Waals surface area contributed by atoms with E-state index in [1.54, 1.807) is 10.9 Å². The van der Waals surface area contributed by atoms with E-state index >= 15 is 0 Å². The minimum Gasteiger partial charge on any atom is -0.392 e. The fourth-order valence-corrected chi connectivity index (χ4v) is 3.13. The molecule has 0 radical (unpaired) electrons. The van der Waals surface area contributed by atoms with Gasteiger partial charge >= 0.3 is 0 Å². The molecule has 3 rings (SSSR count). The second-order valence-electron chi connectivity index (χ2n) is 5.85. The van der Waals surface area contributed by atoms with Gasteiger partial charge in [-0.25, -0.2) is 13.5 Å². The van der Waals surface area contributed by atoms with Crippen LogP contribution in [0.25, 0.3) is 0 Å². The Kier molecular flexibility index (Phi) is 3.77. The first kappa shape index (κ1) is 13.9. The van der Waals surface area contributed by atoms with Crippen molar-refractivity contribution in [3.63, 3.8) is 0 Å². The van der Waals surface area contributed by atoms with Crippen molar-refractivity contribution in [1.82, 2.24) is 9.78 Å². The molecule has 3 unspecified atom stereocenters. The summed E-state index contributed by atoms with van der Waals surface area (Å²) in [5, 5.41) is 14.2. The highest BCUT2D eigenvalue weighted by atomic mass is 19.3. The van der Waals surface area contributed by atoms with Crippen LogP contribution in [0.2, 0.25) is 0 Å². The topological polar surface area (TPSA) is 47.3 Å². The lowest BCUT2D eigenvalue weighted by Crippen LogP contribution is -2.34. The number of aliphatic hydroxyl groups is 1. The minimum atomic E-state index is -2.74. The van der Waals surface area contributed by atoms with Gasteiger partial charge in [0, 0.05) is 31.6 Å². The van der Waals surface area contributed by atoms with Gasteiger partial charge in [0.05, 0.1) is 12.3 Å². The Bertz CT molecular complexity index is 458. The number of ether oxygens (including phenoxy) is 1. The number of aromatic nitrogens is 2. The maximum Gasteiger partial charge on any atom is 0.250 e. The second-order valence-corrected chi connectivity index (χ2v) is 5.85. The molecule has 6 heteroatoms. The van der Waals surface area contributed by atoms with E-state index in [1.807, 2.05) is 6.20 Å². The van der Waals surface area contributed by atoms with Gasteiger partial charge < -0.3 is 9.84 Å². The predicted molar refractivity (Wildman–Crippen MR) is 68.6 cm³/mol. The average molecular weight is 286 g/mol. The minimum absolute atomic E-state index is 0.0559. The van der Waals surface area contributed by atoms with E-state index in [-0.39, 0.29) is 18.6 Å². The van der Waals surface area contributed by atoms with E-state index < -0.39 is 18.4 Å². The molecule has 1 N–H and O–H groups in total.